The first kappa shape index (κ1) is 40.0. The Kier molecular flexibility index (Phi) is 18.4. The van der Waals surface area contributed by atoms with Crippen molar-refractivity contribution in [1.82, 2.24) is 15.5 Å². The fourth-order valence-electron chi connectivity index (χ4n) is 6.17. The molecule has 3 amide bonds. The van der Waals surface area contributed by atoms with E-state index in [1.807, 2.05) is 66.7 Å². The number of aliphatic hydroxyl groups excluding tert-OH is 1. The van der Waals surface area contributed by atoms with Gasteiger partial charge in [0.2, 0.25) is 11.8 Å². The number of benzene rings is 2. The van der Waals surface area contributed by atoms with E-state index in [0.717, 1.165) is 36.8 Å². The summed E-state index contributed by atoms with van der Waals surface area (Å²) in [4.78, 5) is 54.0. The molecular weight excluding hydrogens is 634 g/mol. The molecule has 3 N–H and O–H groups in total. The predicted octanol–water partition coefficient (Wildman–Crippen LogP) is 5.89. The van der Waals surface area contributed by atoms with Gasteiger partial charge in [0.15, 0.2) is 0 Å². The van der Waals surface area contributed by atoms with Crippen molar-refractivity contribution in [2.45, 2.75) is 89.3 Å². The molecule has 4 atom stereocenters. The lowest BCUT2D eigenvalue weighted by atomic mass is 9.94. The van der Waals surface area contributed by atoms with Crippen molar-refractivity contribution in [3.05, 3.63) is 97.1 Å². The molecule has 2 aromatic carbocycles. The molecule has 1 heterocycles. The quantitative estimate of drug-likeness (QED) is 0.0753. The van der Waals surface area contributed by atoms with E-state index >= 15 is 0 Å². The topological polar surface area (TPSA) is 134 Å². The average molecular weight is 690 g/mol. The van der Waals surface area contributed by atoms with Crippen molar-refractivity contribution in [2.24, 2.45) is 11.8 Å². The van der Waals surface area contributed by atoms with E-state index in [9.17, 15) is 24.3 Å². The minimum absolute atomic E-state index is 0.00166. The number of hydrogen-bond acceptors (Lipinski definition) is 7. The number of carbonyl (C=O) groups is 4. The van der Waals surface area contributed by atoms with Crippen molar-refractivity contribution >= 4 is 23.9 Å². The molecular formula is C40H55N3O7. The number of alkyl carbamates (subject to hydrolysis) is 1. The number of allylic oxidation sites excluding steroid dienone is 2. The molecule has 10 heteroatoms. The molecule has 0 saturated carbocycles. The van der Waals surface area contributed by atoms with E-state index in [1.54, 1.807) is 11.0 Å². The molecule has 0 aromatic heterocycles. The molecule has 3 rings (SSSR count). The minimum atomic E-state index is -0.649. The van der Waals surface area contributed by atoms with Crippen molar-refractivity contribution in [2.75, 3.05) is 26.3 Å². The molecule has 1 aliphatic heterocycles. The van der Waals surface area contributed by atoms with E-state index in [2.05, 4.69) is 23.8 Å². The highest BCUT2D eigenvalue weighted by Gasteiger charge is 2.32. The number of esters is 1. The summed E-state index contributed by atoms with van der Waals surface area (Å²) in [5.74, 6) is -1.79. The van der Waals surface area contributed by atoms with E-state index in [-0.39, 0.29) is 56.0 Å². The van der Waals surface area contributed by atoms with Crippen molar-refractivity contribution in [3.8, 4) is 0 Å². The summed E-state index contributed by atoms with van der Waals surface area (Å²) in [6.45, 7) is 8.59. The second kappa shape index (κ2) is 23.1. The molecule has 0 spiro atoms. The summed E-state index contributed by atoms with van der Waals surface area (Å²) >= 11 is 0. The molecule has 0 radical (unpaired) electrons. The van der Waals surface area contributed by atoms with E-state index < -0.39 is 18.1 Å². The van der Waals surface area contributed by atoms with Crippen LogP contribution >= 0.6 is 0 Å². The largest absolute Gasteiger partial charge is 0.463 e. The number of ether oxygens (including phenoxy) is 2. The van der Waals surface area contributed by atoms with Crippen molar-refractivity contribution in [1.29, 1.82) is 0 Å². The Hall–Kier alpha value is -4.44. The van der Waals surface area contributed by atoms with Crippen LogP contribution in [0, 0.1) is 11.8 Å². The number of aliphatic hydroxyl groups is 1. The van der Waals surface area contributed by atoms with Crippen LogP contribution in [0.3, 0.4) is 0 Å². The molecule has 0 aliphatic carbocycles. The lowest BCUT2D eigenvalue weighted by molar-refractivity contribution is -0.150. The van der Waals surface area contributed by atoms with Crippen LogP contribution < -0.4 is 10.6 Å². The summed E-state index contributed by atoms with van der Waals surface area (Å²) in [5, 5.41) is 15.5. The zero-order chi connectivity index (χ0) is 36.0. The highest BCUT2D eigenvalue weighted by Crippen LogP contribution is 2.22. The van der Waals surface area contributed by atoms with Crippen LogP contribution in [0.4, 0.5) is 4.79 Å². The zero-order valence-corrected chi connectivity index (χ0v) is 29.3. The molecule has 4 unspecified atom stereocenters. The normalized spacial score (nSPS) is 15.7. The molecule has 10 nitrogen and oxygen atoms in total. The molecule has 272 valence electrons. The van der Waals surface area contributed by atoms with Gasteiger partial charge in [-0.2, -0.15) is 0 Å². The molecule has 2 aromatic rings. The number of amides is 3. The third-order valence-electron chi connectivity index (χ3n) is 9.00. The molecule has 1 saturated heterocycles. The van der Waals surface area contributed by atoms with Gasteiger partial charge in [-0.1, -0.05) is 72.8 Å². The fourth-order valence-corrected chi connectivity index (χ4v) is 6.17. The number of nitrogens with zero attached hydrogens (tertiary/aromatic N) is 1. The van der Waals surface area contributed by atoms with Gasteiger partial charge in [0, 0.05) is 19.5 Å². The van der Waals surface area contributed by atoms with Gasteiger partial charge in [0.25, 0.3) is 0 Å². The van der Waals surface area contributed by atoms with Crippen LogP contribution in [0.1, 0.15) is 75.3 Å². The zero-order valence-electron chi connectivity index (χ0n) is 29.3. The summed E-state index contributed by atoms with van der Waals surface area (Å²) in [6.07, 6.45) is 9.37. The highest BCUT2D eigenvalue weighted by molar-refractivity contribution is 5.86. The van der Waals surface area contributed by atoms with Gasteiger partial charge in [-0.3, -0.25) is 14.4 Å². The van der Waals surface area contributed by atoms with E-state index in [4.69, 9.17) is 9.47 Å². The second-order valence-electron chi connectivity index (χ2n) is 12.9. The van der Waals surface area contributed by atoms with E-state index in [1.165, 1.54) is 0 Å². The first-order valence-electron chi connectivity index (χ1n) is 17.9. The third-order valence-corrected chi connectivity index (χ3v) is 9.00. The number of hydrogen-bond donors (Lipinski definition) is 3. The number of nitrogens with one attached hydrogen (secondary N) is 2. The summed E-state index contributed by atoms with van der Waals surface area (Å²) in [5.41, 5.74) is 1.94. The lowest BCUT2D eigenvalue weighted by Crippen LogP contribution is -2.44. The van der Waals surface area contributed by atoms with Crippen LogP contribution in [0.15, 0.2) is 86.0 Å². The van der Waals surface area contributed by atoms with Gasteiger partial charge >= 0.3 is 12.1 Å². The Balaban J connectivity index is 1.60. The Bertz CT molecular complexity index is 1340. The number of likely N-dealkylation sites (tertiary alicyclic amines) is 1. The molecule has 0 bridgehead atoms. The lowest BCUT2D eigenvalue weighted by Gasteiger charge is -2.26. The van der Waals surface area contributed by atoms with Gasteiger partial charge in [0.1, 0.15) is 13.2 Å². The first-order chi connectivity index (χ1) is 24.3. The first-order valence-corrected chi connectivity index (χ1v) is 17.9. The van der Waals surface area contributed by atoms with Crippen molar-refractivity contribution < 1.29 is 33.8 Å². The maximum atomic E-state index is 13.6. The van der Waals surface area contributed by atoms with Crippen molar-refractivity contribution in [3.63, 3.8) is 0 Å². The standard InChI is InChI=1S/C40H55N3O7/c1-3-5-8-21-34(26-31-17-9-6-10-18-31)39(47)49-30-35(22-13-14-24-41-40(48)50-29-32-19-11-7-12-20-32)42-38(46)33(16-4-2)27-37(45)43-25-15-23-36(43)28-44/h3-4,6-7,9-12,17-20,33-36,44H,1-2,5,8,13-16,21-30H2,(H,41,48)(H,42,46). The molecule has 1 fully saturated rings. The predicted molar refractivity (Wildman–Crippen MR) is 194 cm³/mol. The third kappa shape index (κ3) is 14.6. The maximum Gasteiger partial charge on any atom is 0.407 e. The second-order valence-corrected chi connectivity index (χ2v) is 12.9. The fraction of sp³-hybridized carbons (Fsp3) is 0.500. The smallest absolute Gasteiger partial charge is 0.407 e. The van der Waals surface area contributed by atoms with Crippen LogP contribution in [-0.4, -0.2) is 72.3 Å². The van der Waals surface area contributed by atoms with Gasteiger partial charge in [-0.05, 0) is 75.3 Å². The molecule has 1 aliphatic rings. The van der Waals surface area contributed by atoms with Gasteiger partial charge < -0.3 is 30.1 Å². The summed E-state index contributed by atoms with van der Waals surface area (Å²) < 4.78 is 11.2. The number of rotatable bonds is 23. The van der Waals surface area contributed by atoms with Gasteiger partial charge in [-0.25, -0.2) is 4.79 Å². The summed E-state index contributed by atoms with van der Waals surface area (Å²) in [6, 6.07) is 18.5. The van der Waals surface area contributed by atoms with Gasteiger partial charge in [-0.15, -0.1) is 13.2 Å². The Morgan fingerprint density at radius 2 is 1.62 bits per heavy atom. The van der Waals surface area contributed by atoms with Crippen LogP contribution in [0.5, 0.6) is 0 Å². The minimum Gasteiger partial charge on any atom is -0.463 e. The monoisotopic (exact) mass is 689 g/mol. The van der Waals surface area contributed by atoms with Crippen LogP contribution in [0.25, 0.3) is 0 Å². The summed E-state index contributed by atoms with van der Waals surface area (Å²) in [7, 11) is 0. The Morgan fingerprint density at radius 3 is 2.30 bits per heavy atom. The highest BCUT2D eigenvalue weighted by atomic mass is 16.5. The Morgan fingerprint density at radius 1 is 0.900 bits per heavy atom. The van der Waals surface area contributed by atoms with E-state index in [0.29, 0.717) is 51.6 Å². The SMILES string of the molecule is C=CCCCC(Cc1ccccc1)C(=O)OCC(CCCCNC(=O)OCc1ccccc1)NC(=O)C(CC=C)CC(=O)N1CCCC1CO. The van der Waals surface area contributed by atoms with Crippen LogP contribution in [0.2, 0.25) is 0 Å². The molecule has 50 heavy (non-hydrogen) atoms. The Labute approximate surface area is 297 Å². The number of unbranched alkanes of at least 4 members (excludes halogenated alkanes) is 2. The number of carbonyl (C=O) groups excluding carboxylic acids is 4. The maximum absolute atomic E-state index is 13.6. The van der Waals surface area contributed by atoms with Crippen LogP contribution in [-0.2, 0) is 36.9 Å². The average Bonchev–Trinajstić information content (AvgIpc) is 3.62. The van der Waals surface area contributed by atoms with Gasteiger partial charge in [0.05, 0.1) is 30.5 Å².